The van der Waals surface area contributed by atoms with Crippen molar-refractivity contribution >= 4 is 17.6 Å². The maximum absolute atomic E-state index is 11.0. The molecule has 1 heterocycles. The first-order valence-corrected chi connectivity index (χ1v) is 4.30. The minimum atomic E-state index is -1.34. The minimum Gasteiger partial charge on any atom is -0.443 e. The fourth-order valence-electron chi connectivity index (χ4n) is 1.21. The fraction of sp³-hybridized carbons (Fsp3) is 0.571. The summed E-state index contributed by atoms with van der Waals surface area (Å²) in [6.07, 6.45) is 0.308. The lowest BCUT2D eigenvalue weighted by Crippen LogP contribution is -2.56. The molecule has 0 saturated carbocycles. The lowest BCUT2D eigenvalue weighted by molar-refractivity contribution is -0.146. The SMILES string of the molecule is CCC1(OC(C)=O)C(N)=NN=NN=C1N. The van der Waals surface area contributed by atoms with Crippen molar-refractivity contribution in [1.82, 2.24) is 0 Å². The summed E-state index contributed by atoms with van der Waals surface area (Å²) in [7, 11) is 0. The van der Waals surface area contributed by atoms with Crippen LogP contribution in [0.25, 0.3) is 0 Å². The van der Waals surface area contributed by atoms with E-state index in [0.29, 0.717) is 6.42 Å². The normalized spacial score (nSPS) is 18.8. The van der Waals surface area contributed by atoms with Gasteiger partial charge in [-0.05, 0) is 16.9 Å². The molecular formula is C7H12N6O2. The van der Waals surface area contributed by atoms with E-state index in [0.717, 1.165) is 0 Å². The van der Waals surface area contributed by atoms with Crippen LogP contribution in [0.15, 0.2) is 20.6 Å². The Hall–Kier alpha value is -1.99. The summed E-state index contributed by atoms with van der Waals surface area (Å²) < 4.78 is 5.06. The molecule has 0 saturated heterocycles. The molecule has 8 heteroatoms. The molecule has 0 aromatic heterocycles. The third kappa shape index (κ3) is 1.92. The maximum atomic E-state index is 11.0. The van der Waals surface area contributed by atoms with Gasteiger partial charge >= 0.3 is 5.97 Å². The van der Waals surface area contributed by atoms with Gasteiger partial charge in [0.1, 0.15) is 0 Å². The Morgan fingerprint density at radius 3 is 2.13 bits per heavy atom. The number of nitrogens with zero attached hydrogens (tertiary/aromatic N) is 4. The number of carbonyl (C=O) groups excluding carboxylic acids is 1. The molecule has 0 aliphatic carbocycles. The maximum Gasteiger partial charge on any atom is 0.304 e. The van der Waals surface area contributed by atoms with Crippen LogP contribution < -0.4 is 11.5 Å². The Kier molecular flexibility index (Phi) is 2.98. The number of esters is 1. The van der Waals surface area contributed by atoms with Crippen LogP contribution in [-0.2, 0) is 9.53 Å². The zero-order chi connectivity index (χ0) is 11.5. The third-order valence-electron chi connectivity index (χ3n) is 1.99. The van der Waals surface area contributed by atoms with E-state index in [2.05, 4.69) is 20.6 Å². The van der Waals surface area contributed by atoms with E-state index in [4.69, 9.17) is 16.2 Å². The standard InChI is InChI=1S/C7H12N6O2/c1-3-7(15-4(2)14)5(8)10-12-13-11-6(7)9/h3H2,1-2H3,(H2,8,10,13)(H2,9,11,12). The number of carbonyl (C=O) groups is 1. The number of hydrogen-bond donors (Lipinski definition) is 2. The van der Waals surface area contributed by atoms with Gasteiger partial charge < -0.3 is 16.2 Å². The lowest BCUT2D eigenvalue weighted by Gasteiger charge is -2.28. The van der Waals surface area contributed by atoms with Crippen molar-refractivity contribution in [3.8, 4) is 0 Å². The van der Waals surface area contributed by atoms with Gasteiger partial charge in [-0.2, -0.15) is 0 Å². The van der Waals surface area contributed by atoms with Crippen molar-refractivity contribution in [2.45, 2.75) is 25.9 Å². The van der Waals surface area contributed by atoms with Crippen molar-refractivity contribution in [1.29, 1.82) is 0 Å². The number of nitrogens with two attached hydrogens (primary N) is 2. The summed E-state index contributed by atoms with van der Waals surface area (Å²) in [6, 6.07) is 0. The average molecular weight is 212 g/mol. The average Bonchev–Trinajstić information content (AvgIpc) is 2.30. The zero-order valence-corrected chi connectivity index (χ0v) is 8.47. The van der Waals surface area contributed by atoms with E-state index < -0.39 is 11.6 Å². The Morgan fingerprint density at radius 2 is 1.80 bits per heavy atom. The first kappa shape index (κ1) is 11.1. The van der Waals surface area contributed by atoms with Gasteiger partial charge in [-0.3, -0.25) is 4.79 Å². The van der Waals surface area contributed by atoms with E-state index in [1.165, 1.54) is 6.92 Å². The molecule has 0 aromatic carbocycles. The first-order chi connectivity index (χ1) is 7.03. The van der Waals surface area contributed by atoms with Gasteiger partial charge in [0.25, 0.3) is 0 Å². The van der Waals surface area contributed by atoms with E-state index in [1.54, 1.807) is 6.92 Å². The molecule has 4 N–H and O–H groups in total. The second kappa shape index (κ2) is 4.03. The summed E-state index contributed by atoms with van der Waals surface area (Å²) >= 11 is 0. The molecule has 82 valence electrons. The molecule has 0 spiro atoms. The molecule has 0 unspecified atom stereocenters. The number of rotatable bonds is 2. The largest absolute Gasteiger partial charge is 0.443 e. The molecule has 0 bridgehead atoms. The molecule has 8 nitrogen and oxygen atoms in total. The number of hydrogen-bond acceptors (Lipinski definition) is 8. The van der Waals surface area contributed by atoms with Gasteiger partial charge in [-0.25, -0.2) is 0 Å². The van der Waals surface area contributed by atoms with Gasteiger partial charge in [0.15, 0.2) is 11.7 Å². The third-order valence-corrected chi connectivity index (χ3v) is 1.99. The first-order valence-electron chi connectivity index (χ1n) is 4.30. The van der Waals surface area contributed by atoms with Gasteiger partial charge in [-0.1, -0.05) is 6.92 Å². The summed E-state index contributed by atoms with van der Waals surface area (Å²) in [5.74, 6) is -0.611. The Bertz CT molecular complexity index is 336. The molecule has 0 aromatic rings. The molecule has 1 rings (SSSR count). The number of ether oxygens (including phenoxy) is 1. The predicted octanol–water partition coefficient (Wildman–Crippen LogP) is -0.291. The Labute approximate surface area is 86.1 Å². The quantitative estimate of drug-likeness (QED) is 0.609. The smallest absolute Gasteiger partial charge is 0.304 e. The Morgan fingerprint density at radius 1 is 1.33 bits per heavy atom. The van der Waals surface area contributed by atoms with Crippen LogP contribution in [0.2, 0.25) is 0 Å². The zero-order valence-electron chi connectivity index (χ0n) is 8.47. The molecular weight excluding hydrogens is 200 g/mol. The van der Waals surface area contributed by atoms with Gasteiger partial charge in [0, 0.05) is 6.92 Å². The van der Waals surface area contributed by atoms with Crippen molar-refractivity contribution in [3.05, 3.63) is 0 Å². The van der Waals surface area contributed by atoms with Gasteiger partial charge in [-0.15, -0.1) is 10.2 Å². The van der Waals surface area contributed by atoms with E-state index in [1.807, 2.05) is 0 Å². The Balaban J connectivity index is 3.19. The van der Waals surface area contributed by atoms with Crippen molar-refractivity contribution < 1.29 is 9.53 Å². The van der Waals surface area contributed by atoms with Crippen molar-refractivity contribution in [2.24, 2.45) is 32.1 Å². The van der Waals surface area contributed by atoms with E-state index >= 15 is 0 Å². The molecule has 1 aliphatic heterocycles. The molecule has 1 aliphatic rings. The van der Waals surface area contributed by atoms with Crippen molar-refractivity contribution in [2.75, 3.05) is 0 Å². The highest BCUT2D eigenvalue weighted by Crippen LogP contribution is 2.19. The second-order valence-electron chi connectivity index (χ2n) is 2.92. The topological polar surface area (TPSA) is 128 Å². The van der Waals surface area contributed by atoms with Gasteiger partial charge in [0.2, 0.25) is 5.60 Å². The minimum absolute atomic E-state index is 0.0392. The van der Waals surface area contributed by atoms with Crippen LogP contribution in [0.1, 0.15) is 20.3 Å². The lowest BCUT2D eigenvalue weighted by atomic mass is 9.97. The molecule has 0 fully saturated rings. The second-order valence-corrected chi connectivity index (χ2v) is 2.92. The highest BCUT2D eigenvalue weighted by atomic mass is 16.6. The van der Waals surface area contributed by atoms with Crippen LogP contribution in [0, 0.1) is 0 Å². The molecule has 0 atom stereocenters. The van der Waals surface area contributed by atoms with Crippen LogP contribution in [0.4, 0.5) is 0 Å². The number of amidine groups is 2. The summed E-state index contributed by atoms with van der Waals surface area (Å²) in [4.78, 5) is 11.0. The summed E-state index contributed by atoms with van der Waals surface area (Å²) in [5, 5.41) is 13.6. The van der Waals surface area contributed by atoms with Crippen LogP contribution in [0.5, 0.6) is 0 Å². The van der Waals surface area contributed by atoms with Crippen LogP contribution in [-0.4, -0.2) is 23.2 Å². The van der Waals surface area contributed by atoms with Crippen LogP contribution in [0.3, 0.4) is 0 Å². The predicted molar refractivity (Wildman–Crippen MR) is 52.9 cm³/mol. The monoisotopic (exact) mass is 212 g/mol. The molecule has 0 radical (unpaired) electrons. The van der Waals surface area contributed by atoms with Crippen molar-refractivity contribution in [3.63, 3.8) is 0 Å². The highest BCUT2D eigenvalue weighted by molar-refractivity contribution is 6.13. The van der Waals surface area contributed by atoms with E-state index in [-0.39, 0.29) is 11.7 Å². The summed E-state index contributed by atoms with van der Waals surface area (Å²) in [5.41, 5.74) is 9.90. The van der Waals surface area contributed by atoms with Gasteiger partial charge in [0.05, 0.1) is 0 Å². The molecule has 0 amide bonds. The van der Waals surface area contributed by atoms with E-state index in [9.17, 15) is 4.79 Å². The van der Waals surface area contributed by atoms with Crippen LogP contribution >= 0.6 is 0 Å². The highest BCUT2D eigenvalue weighted by Gasteiger charge is 2.42. The molecule has 15 heavy (non-hydrogen) atoms. The summed E-state index contributed by atoms with van der Waals surface area (Å²) in [6.45, 7) is 2.98. The fourth-order valence-corrected chi connectivity index (χ4v) is 1.21.